The smallest absolute Gasteiger partial charge is 0.295 e. The lowest BCUT2D eigenvalue weighted by Gasteiger charge is -2.25. The number of likely N-dealkylation sites (tertiary alicyclic amines) is 1. The van der Waals surface area contributed by atoms with E-state index in [-0.39, 0.29) is 11.3 Å². The first-order chi connectivity index (χ1) is 18.1. The zero-order chi connectivity index (χ0) is 26.3. The molecule has 2 aromatic rings. The molecule has 0 saturated carbocycles. The van der Waals surface area contributed by atoms with Gasteiger partial charge in [0.15, 0.2) is 0 Å². The van der Waals surface area contributed by atoms with Gasteiger partial charge in [0.1, 0.15) is 5.76 Å². The van der Waals surface area contributed by atoms with E-state index in [2.05, 4.69) is 6.92 Å². The Bertz CT molecular complexity index is 983. The fraction of sp³-hybridized carbons (Fsp3) is 0.515. The Hall–Kier alpha value is -2.88. The quantitative estimate of drug-likeness (QED) is 0.102. The Morgan fingerprint density at radius 3 is 1.65 bits per heavy atom. The lowest BCUT2D eigenvalue weighted by Crippen LogP contribution is -2.30. The van der Waals surface area contributed by atoms with E-state index in [1.165, 1.54) is 70.6 Å². The van der Waals surface area contributed by atoms with Crippen LogP contribution in [0.2, 0.25) is 0 Å². The molecule has 0 spiro atoms. The molecule has 1 N–H and O–H groups in total. The number of carbonyl (C=O) groups is 2. The van der Waals surface area contributed by atoms with Gasteiger partial charge in [0.05, 0.1) is 11.6 Å². The summed E-state index contributed by atoms with van der Waals surface area (Å²) in [5.74, 6) is -1.21. The largest absolute Gasteiger partial charge is 0.507 e. The lowest BCUT2D eigenvalue weighted by molar-refractivity contribution is -0.139. The van der Waals surface area contributed by atoms with Crippen LogP contribution in [0.1, 0.15) is 114 Å². The highest BCUT2D eigenvalue weighted by molar-refractivity contribution is 6.46. The molecule has 0 radical (unpaired) electrons. The summed E-state index contributed by atoms with van der Waals surface area (Å²) in [7, 11) is 0. The van der Waals surface area contributed by atoms with Crippen LogP contribution in [0.5, 0.6) is 0 Å². The molecule has 0 aromatic heterocycles. The van der Waals surface area contributed by atoms with Gasteiger partial charge in [-0.2, -0.15) is 0 Å². The van der Waals surface area contributed by atoms with E-state index >= 15 is 0 Å². The molecular formula is C33H45NO3. The summed E-state index contributed by atoms with van der Waals surface area (Å²) in [6.45, 7) is 2.79. The van der Waals surface area contributed by atoms with Gasteiger partial charge in [-0.1, -0.05) is 151 Å². The zero-order valence-electron chi connectivity index (χ0n) is 22.7. The summed E-state index contributed by atoms with van der Waals surface area (Å²) < 4.78 is 0. The van der Waals surface area contributed by atoms with Crippen molar-refractivity contribution in [3.63, 3.8) is 0 Å². The molecule has 4 nitrogen and oxygen atoms in total. The van der Waals surface area contributed by atoms with Gasteiger partial charge in [-0.05, 0) is 12.0 Å². The number of rotatable bonds is 17. The van der Waals surface area contributed by atoms with Crippen molar-refractivity contribution in [3.05, 3.63) is 77.4 Å². The Balaban J connectivity index is 1.47. The van der Waals surface area contributed by atoms with E-state index in [4.69, 9.17) is 0 Å². The van der Waals surface area contributed by atoms with E-state index in [1.807, 2.05) is 48.5 Å². The molecule has 1 amide bonds. The van der Waals surface area contributed by atoms with Crippen molar-refractivity contribution in [2.75, 3.05) is 6.54 Å². The van der Waals surface area contributed by atoms with E-state index in [0.717, 1.165) is 24.8 Å². The molecule has 200 valence electrons. The number of Topliss-reactive ketones (excluding diaryl/α,β-unsaturated/α-hetero) is 1. The van der Waals surface area contributed by atoms with Crippen LogP contribution in [-0.2, 0) is 9.59 Å². The van der Waals surface area contributed by atoms with Crippen molar-refractivity contribution in [3.8, 4) is 0 Å². The van der Waals surface area contributed by atoms with Crippen LogP contribution in [0.25, 0.3) is 5.76 Å². The number of amides is 1. The van der Waals surface area contributed by atoms with Crippen molar-refractivity contribution in [1.82, 2.24) is 4.90 Å². The monoisotopic (exact) mass is 503 g/mol. The first-order valence-corrected chi connectivity index (χ1v) is 14.5. The fourth-order valence-corrected chi connectivity index (χ4v) is 5.32. The number of aliphatic hydroxyl groups excluding tert-OH is 1. The second-order valence-corrected chi connectivity index (χ2v) is 10.4. The van der Waals surface area contributed by atoms with E-state index in [1.54, 1.807) is 17.0 Å². The van der Waals surface area contributed by atoms with Gasteiger partial charge in [0.25, 0.3) is 11.7 Å². The van der Waals surface area contributed by atoms with Crippen LogP contribution in [0.4, 0.5) is 0 Å². The summed E-state index contributed by atoms with van der Waals surface area (Å²) in [5, 5.41) is 11.0. The fourth-order valence-electron chi connectivity index (χ4n) is 5.32. The molecule has 1 atom stereocenters. The number of aliphatic hydroxyl groups is 1. The van der Waals surface area contributed by atoms with E-state index in [0.29, 0.717) is 12.1 Å². The molecule has 1 aliphatic heterocycles. The van der Waals surface area contributed by atoms with Crippen molar-refractivity contribution < 1.29 is 14.7 Å². The minimum atomic E-state index is -0.597. The van der Waals surface area contributed by atoms with Gasteiger partial charge < -0.3 is 10.0 Å². The molecule has 3 rings (SSSR count). The third kappa shape index (κ3) is 8.59. The molecule has 0 aliphatic carbocycles. The molecule has 0 unspecified atom stereocenters. The summed E-state index contributed by atoms with van der Waals surface area (Å²) >= 11 is 0. The SMILES string of the molecule is CCCCCCCCCCCCCCCCN1C(=O)C(=O)/C(=C(/O)c2ccccc2)[C@@H]1c1ccccc1. The van der Waals surface area contributed by atoms with Crippen LogP contribution >= 0.6 is 0 Å². The van der Waals surface area contributed by atoms with Gasteiger partial charge in [-0.3, -0.25) is 9.59 Å². The van der Waals surface area contributed by atoms with Crippen molar-refractivity contribution in [2.45, 2.75) is 103 Å². The van der Waals surface area contributed by atoms with Gasteiger partial charge in [0, 0.05) is 12.1 Å². The second kappa shape index (κ2) is 16.1. The first kappa shape index (κ1) is 28.7. The first-order valence-electron chi connectivity index (χ1n) is 14.5. The highest BCUT2D eigenvalue weighted by Crippen LogP contribution is 2.39. The number of ketones is 1. The highest BCUT2D eigenvalue weighted by atomic mass is 16.3. The molecule has 1 aliphatic rings. The van der Waals surface area contributed by atoms with Gasteiger partial charge in [-0.25, -0.2) is 0 Å². The van der Waals surface area contributed by atoms with Gasteiger partial charge in [0.2, 0.25) is 0 Å². The third-order valence-corrected chi connectivity index (χ3v) is 7.46. The number of unbranched alkanes of at least 4 members (excludes halogenated alkanes) is 13. The average Bonchev–Trinajstić information content (AvgIpc) is 3.18. The summed E-state index contributed by atoms with van der Waals surface area (Å²) in [4.78, 5) is 27.7. The Kier molecular flexibility index (Phi) is 12.5. The van der Waals surface area contributed by atoms with Crippen LogP contribution in [-0.4, -0.2) is 28.2 Å². The Morgan fingerprint density at radius 2 is 1.14 bits per heavy atom. The predicted octanol–water partition coefficient (Wildman–Crippen LogP) is 8.59. The van der Waals surface area contributed by atoms with Crippen LogP contribution < -0.4 is 0 Å². The third-order valence-electron chi connectivity index (χ3n) is 7.46. The summed E-state index contributed by atoms with van der Waals surface area (Å²) in [6, 6.07) is 18.0. The number of hydrogen-bond donors (Lipinski definition) is 1. The Morgan fingerprint density at radius 1 is 0.676 bits per heavy atom. The summed E-state index contributed by atoms with van der Waals surface area (Å²) in [5.41, 5.74) is 1.59. The topological polar surface area (TPSA) is 57.6 Å². The molecular weight excluding hydrogens is 458 g/mol. The number of hydrogen-bond acceptors (Lipinski definition) is 3. The predicted molar refractivity (Wildman–Crippen MR) is 152 cm³/mol. The zero-order valence-corrected chi connectivity index (χ0v) is 22.7. The Labute approximate surface area is 223 Å². The van der Waals surface area contributed by atoms with Crippen LogP contribution in [0.3, 0.4) is 0 Å². The summed E-state index contributed by atoms with van der Waals surface area (Å²) in [6.07, 6.45) is 17.8. The van der Waals surface area contributed by atoms with E-state index in [9.17, 15) is 14.7 Å². The lowest BCUT2D eigenvalue weighted by atomic mass is 9.95. The maximum atomic E-state index is 13.1. The average molecular weight is 504 g/mol. The van der Waals surface area contributed by atoms with Gasteiger partial charge >= 0.3 is 0 Å². The van der Waals surface area contributed by atoms with Gasteiger partial charge in [-0.15, -0.1) is 0 Å². The molecule has 2 aromatic carbocycles. The minimum absolute atomic E-state index is 0.101. The van der Waals surface area contributed by atoms with Crippen LogP contribution in [0.15, 0.2) is 66.2 Å². The molecule has 0 bridgehead atoms. The maximum Gasteiger partial charge on any atom is 0.295 e. The minimum Gasteiger partial charge on any atom is -0.507 e. The standard InChI is InChI=1S/C33H45NO3/c1-2-3-4-5-6-7-8-9-10-11-12-13-14-21-26-34-30(27-22-17-15-18-23-27)29(32(36)33(34)37)31(35)28-24-19-16-20-25-28/h15-20,22-25,30,35H,2-14,21,26H2,1H3/b31-29+/t30-/m0/s1. The van der Waals surface area contributed by atoms with E-state index < -0.39 is 17.7 Å². The maximum absolute atomic E-state index is 13.1. The second-order valence-electron chi connectivity index (χ2n) is 10.4. The molecule has 1 fully saturated rings. The number of nitrogens with zero attached hydrogens (tertiary/aromatic N) is 1. The number of benzene rings is 2. The van der Waals surface area contributed by atoms with Crippen molar-refractivity contribution in [1.29, 1.82) is 0 Å². The highest BCUT2D eigenvalue weighted by Gasteiger charge is 2.45. The van der Waals surface area contributed by atoms with Crippen molar-refractivity contribution in [2.24, 2.45) is 0 Å². The molecule has 4 heteroatoms. The normalized spacial score (nSPS) is 17.0. The number of carbonyl (C=O) groups excluding carboxylic acids is 2. The molecule has 1 saturated heterocycles. The molecule has 1 heterocycles. The molecule has 37 heavy (non-hydrogen) atoms. The van der Waals surface area contributed by atoms with Crippen molar-refractivity contribution >= 4 is 17.4 Å². The van der Waals surface area contributed by atoms with Crippen LogP contribution in [0, 0.1) is 0 Å².